The fourth-order valence-corrected chi connectivity index (χ4v) is 2.99. The lowest BCUT2D eigenvalue weighted by molar-refractivity contribution is 0.153. The number of unbranched alkanes of at least 4 members (excludes halogenated alkanes) is 1. The molecule has 0 bridgehead atoms. The number of aliphatic hydroxyl groups excluding tert-OH is 1. The molecule has 1 saturated carbocycles. The number of benzene rings is 1. The third-order valence-electron chi connectivity index (χ3n) is 4.40. The van der Waals surface area contributed by atoms with Crippen molar-refractivity contribution >= 4 is 6.03 Å². The molecule has 0 saturated heterocycles. The van der Waals surface area contributed by atoms with E-state index in [0.29, 0.717) is 18.9 Å². The summed E-state index contributed by atoms with van der Waals surface area (Å²) in [7, 11) is 0. The molecule has 134 valence electrons. The van der Waals surface area contributed by atoms with E-state index in [4.69, 9.17) is 4.74 Å². The number of aliphatic hydroxyl groups is 1. The number of urea groups is 1. The third-order valence-corrected chi connectivity index (χ3v) is 4.40. The molecule has 2 amide bonds. The number of hydrogen-bond acceptors (Lipinski definition) is 3. The molecule has 2 atom stereocenters. The van der Waals surface area contributed by atoms with Gasteiger partial charge in [-0.25, -0.2) is 9.18 Å². The van der Waals surface area contributed by atoms with E-state index >= 15 is 0 Å². The number of carbonyl (C=O) groups is 1. The summed E-state index contributed by atoms with van der Waals surface area (Å²) in [6.45, 7) is 1.24. The van der Waals surface area contributed by atoms with E-state index < -0.39 is 0 Å². The van der Waals surface area contributed by atoms with Crippen LogP contribution >= 0.6 is 0 Å². The smallest absolute Gasteiger partial charge is 0.315 e. The molecule has 0 radical (unpaired) electrons. The summed E-state index contributed by atoms with van der Waals surface area (Å²) in [5.74, 6) is 0.544. The summed E-state index contributed by atoms with van der Waals surface area (Å²) >= 11 is 0. The molecule has 3 N–H and O–H groups in total. The van der Waals surface area contributed by atoms with E-state index in [-0.39, 0.29) is 30.4 Å². The zero-order valence-corrected chi connectivity index (χ0v) is 14.0. The predicted octanol–water partition coefficient (Wildman–Crippen LogP) is 2.84. The summed E-state index contributed by atoms with van der Waals surface area (Å²) in [4.78, 5) is 11.9. The van der Waals surface area contributed by atoms with Crippen LogP contribution in [0.15, 0.2) is 24.3 Å². The molecule has 24 heavy (non-hydrogen) atoms. The molecule has 0 aliphatic heterocycles. The summed E-state index contributed by atoms with van der Waals surface area (Å²) in [6, 6.07) is 5.84. The maximum atomic E-state index is 12.8. The fraction of sp³-hybridized carbons (Fsp3) is 0.611. The van der Waals surface area contributed by atoms with E-state index in [1.54, 1.807) is 12.1 Å². The van der Waals surface area contributed by atoms with Crippen molar-refractivity contribution in [2.45, 2.75) is 44.6 Å². The van der Waals surface area contributed by atoms with Gasteiger partial charge in [-0.2, -0.15) is 0 Å². The van der Waals surface area contributed by atoms with Gasteiger partial charge in [0, 0.05) is 25.1 Å². The SMILES string of the molecule is O=C(NCCCCOc1ccc(F)cc1)NC1CCCCC1CO. The van der Waals surface area contributed by atoms with Gasteiger partial charge in [0.25, 0.3) is 0 Å². The zero-order valence-electron chi connectivity index (χ0n) is 14.0. The lowest BCUT2D eigenvalue weighted by Gasteiger charge is -2.30. The van der Waals surface area contributed by atoms with Crippen LogP contribution < -0.4 is 15.4 Å². The molecule has 0 spiro atoms. The molecule has 0 aromatic heterocycles. The maximum Gasteiger partial charge on any atom is 0.315 e. The second-order valence-corrected chi connectivity index (χ2v) is 6.24. The first kappa shape index (κ1) is 18.5. The molecule has 5 nitrogen and oxygen atoms in total. The van der Waals surface area contributed by atoms with E-state index in [1.807, 2.05) is 0 Å². The molecule has 2 unspecified atom stereocenters. The van der Waals surface area contributed by atoms with Crippen molar-refractivity contribution in [3.05, 3.63) is 30.1 Å². The quantitative estimate of drug-likeness (QED) is 0.638. The van der Waals surface area contributed by atoms with E-state index in [9.17, 15) is 14.3 Å². The van der Waals surface area contributed by atoms with Crippen LogP contribution in [-0.4, -0.2) is 36.9 Å². The van der Waals surface area contributed by atoms with Crippen molar-refractivity contribution in [1.82, 2.24) is 10.6 Å². The highest BCUT2D eigenvalue weighted by Gasteiger charge is 2.25. The van der Waals surface area contributed by atoms with Gasteiger partial charge in [0.05, 0.1) is 6.61 Å². The Morgan fingerprint density at radius 2 is 1.96 bits per heavy atom. The average molecular weight is 338 g/mol. The van der Waals surface area contributed by atoms with Crippen LogP contribution in [0, 0.1) is 11.7 Å². The second kappa shape index (κ2) is 10.1. The minimum Gasteiger partial charge on any atom is -0.494 e. The second-order valence-electron chi connectivity index (χ2n) is 6.24. The summed E-state index contributed by atoms with van der Waals surface area (Å²) in [5, 5.41) is 15.2. The van der Waals surface area contributed by atoms with Gasteiger partial charge in [-0.15, -0.1) is 0 Å². The van der Waals surface area contributed by atoms with Gasteiger partial charge < -0.3 is 20.5 Å². The third kappa shape index (κ3) is 6.35. The number of amides is 2. The van der Waals surface area contributed by atoms with Crippen LogP contribution in [0.2, 0.25) is 0 Å². The Morgan fingerprint density at radius 3 is 2.71 bits per heavy atom. The average Bonchev–Trinajstić information content (AvgIpc) is 2.60. The number of hydrogen-bond donors (Lipinski definition) is 3. The molecule has 1 aliphatic rings. The van der Waals surface area contributed by atoms with Crippen LogP contribution in [0.3, 0.4) is 0 Å². The van der Waals surface area contributed by atoms with Gasteiger partial charge in [0.15, 0.2) is 0 Å². The lowest BCUT2D eigenvalue weighted by Crippen LogP contribution is -2.47. The van der Waals surface area contributed by atoms with Crippen LogP contribution in [-0.2, 0) is 0 Å². The fourth-order valence-electron chi connectivity index (χ4n) is 2.99. The topological polar surface area (TPSA) is 70.6 Å². The highest BCUT2D eigenvalue weighted by molar-refractivity contribution is 5.74. The minimum absolute atomic E-state index is 0.0746. The van der Waals surface area contributed by atoms with Crippen LogP contribution in [0.4, 0.5) is 9.18 Å². The Bertz CT molecular complexity index is 496. The number of ether oxygens (including phenoxy) is 1. The first-order valence-corrected chi connectivity index (χ1v) is 8.72. The summed E-state index contributed by atoms with van der Waals surface area (Å²) in [5.41, 5.74) is 0. The van der Waals surface area contributed by atoms with Crippen molar-refractivity contribution in [1.29, 1.82) is 0 Å². The molecule has 6 heteroatoms. The monoisotopic (exact) mass is 338 g/mol. The Hall–Kier alpha value is -1.82. The van der Waals surface area contributed by atoms with Crippen molar-refractivity contribution in [2.24, 2.45) is 5.92 Å². The Morgan fingerprint density at radius 1 is 1.21 bits per heavy atom. The van der Waals surface area contributed by atoms with Gasteiger partial charge >= 0.3 is 6.03 Å². The van der Waals surface area contributed by atoms with Gasteiger partial charge in [-0.05, 0) is 49.9 Å². The number of halogens is 1. The lowest BCUT2D eigenvalue weighted by atomic mass is 9.85. The number of nitrogens with one attached hydrogen (secondary N) is 2. The molecule has 1 aliphatic carbocycles. The summed E-state index contributed by atoms with van der Waals surface area (Å²) in [6.07, 6.45) is 5.75. The standard InChI is InChI=1S/C18H27FN2O3/c19-15-7-9-16(10-8-15)24-12-4-3-11-20-18(23)21-17-6-2-1-5-14(17)13-22/h7-10,14,17,22H,1-6,11-13H2,(H2,20,21,23). The van der Waals surface area contributed by atoms with Crippen molar-refractivity contribution in [3.63, 3.8) is 0 Å². The van der Waals surface area contributed by atoms with E-state index in [1.165, 1.54) is 12.1 Å². The van der Waals surface area contributed by atoms with Gasteiger partial charge in [0.1, 0.15) is 11.6 Å². The maximum absolute atomic E-state index is 12.8. The highest BCUT2D eigenvalue weighted by atomic mass is 19.1. The molecular weight excluding hydrogens is 311 g/mol. The Balaban J connectivity index is 1.53. The van der Waals surface area contributed by atoms with Crippen molar-refractivity contribution in [3.8, 4) is 5.75 Å². The largest absolute Gasteiger partial charge is 0.494 e. The van der Waals surface area contributed by atoms with Crippen LogP contribution in [0.1, 0.15) is 38.5 Å². The van der Waals surface area contributed by atoms with Crippen LogP contribution in [0.5, 0.6) is 5.75 Å². The van der Waals surface area contributed by atoms with Crippen molar-refractivity contribution < 1.29 is 19.0 Å². The molecule has 1 fully saturated rings. The molecule has 0 heterocycles. The Kier molecular flexibility index (Phi) is 7.82. The molecule has 2 rings (SSSR count). The number of carbonyl (C=O) groups excluding carboxylic acids is 1. The minimum atomic E-state index is -0.279. The van der Waals surface area contributed by atoms with Crippen LogP contribution in [0.25, 0.3) is 0 Å². The number of rotatable bonds is 8. The predicted molar refractivity (Wildman–Crippen MR) is 90.5 cm³/mol. The first-order chi connectivity index (χ1) is 11.7. The van der Waals surface area contributed by atoms with E-state index in [2.05, 4.69) is 10.6 Å². The molecular formula is C18H27FN2O3. The van der Waals surface area contributed by atoms with E-state index in [0.717, 1.165) is 38.5 Å². The normalized spacial score (nSPS) is 20.4. The Labute approximate surface area is 142 Å². The first-order valence-electron chi connectivity index (χ1n) is 8.72. The van der Waals surface area contributed by atoms with Crippen molar-refractivity contribution in [2.75, 3.05) is 19.8 Å². The van der Waals surface area contributed by atoms with Gasteiger partial charge in [0.2, 0.25) is 0 Å². The molecule has 1 aromatic carbocycles. The zero-order chi connectivity index (χ0) is 17.2. The summed E-state index contributed by atoms with van der Waals surface area (Å²) < 4.78 is 18.2. The molecule has 1 aromatic rings. The van der Waals surface area contributed by atoms with Gasteiger partial charge in [-0.1, -0.05) is 12.8 Å². The van der Waals surface area contributed by atoms with Gasteiger partial charge in [-0.3, -0.25) is 0 Å². The highest BCUT2D eigenvalue weighted by Crippen LogP contribution is 2.23.